The number of carbonyl (C=O) groups excluding carboxylic acids is 2. The molecule has 0 saturated carbocycles. The number of carbonyl (C=O) groups is 2. The summed E-state index contributed by atoms with van der Waals surface area (Å²) in [4.78, 5) is 28.6. The smallest absolute Gasteiger partial charge is 0.244 e. The van der Waals surface area contributed by atoms with Crippen molar-refractivity contribution < 1.29 is 9.59 Å². The van der Waals surface area contributed by atoms with Gasteiger partial charge < -0.3 is 15.1 Å². The number of anilines is 1. The van der Waals surface area contributed by atoms with Gasteiger partial charge in [-0.3, -0.25) is 14.3 Å². The molecule has 1 aromatic rings. The first kappa shape index (κ1) is 17.9. The lowest BCUT2D eigenvalue weighted by atomic mass is 9.91. The van der Waals surface area contributed by atoms with Gasteiger partial charge in [-0.2, -0.15) is 5.10 Å². The van der Waals surface area contributed by atoms with Crippen LogP contribution in [0.15, 0.2) is 12.4 Å². The Balaban J connectivity index is 1.61. The molecular formula is C18H29N5O2. The third-order valence-electron chi connectivity index (χ3n) is 5.42. The molecule has 2 aliphatic rings. The number of nitrogens with one attached hydrogen (secondary N) is 1. The molecule has 2 saturated heterocycles. The second-order valence-corrected chi connectivity index (χ2v) is 7.29. The van der Waals surface area contributed by atoms with Crippen molar-refractivity contribution >= 4 is 17.5 Å². The van der Waals surface area contributed by atoms with Crippen LogP contribution in [0.5, 0.6) is 0 Å². The Morgan fingerprint density at radius 2 is 2.16 bits per heavy atom. The molecule has 0 bridgehead atoms. The Hall–Kier alpha value is -1.89. The van der Waals surface area contributed by atoms with Gasteiger partial charge in [0.05, 0.1) is 17.9 Å². The SMILES string of the molecule is CCC(=O)N1CC[C@H](N[C@H]2CCCN(c3cnn(C)c3)C2=O)[C@H](C)C1. The summed E-state index contributed by atoms with van der Waals surface area (Å²) in [6, 6.07) is 0.138. The molecule has 0 aliphatic carbocycles. The number of hydrogen-bond acceptors (Lipinski definition) is 4. The van der Waals surface area contributed by atoms with Crippen LogP contribution in [-0.2, 0) is 16.6 Å². The molecule has 138 valence electrons. The average Bonchev–Trinajstić information content (AvgIpc) is 3.03. The summed E-state index contributed by atoms with van der Waals surface area (Å²) >= 11 is 0. The van der Waals surface area contributed by atoms with Gasteiger partial charge in [0.15, 0.2) is 0 Å². The summed E-state index contributed by atoms with van der Waals surface area (Å²) in [5, 5.41) is 7.76. The Morgan fingerprint density at radius 1 is 1.36 bits per heavy atom. The topological polar surface area (TPSA) is 70.5 Å². The second-order valence-electron chi connectivity index (χ2n) is 7.29. The first-order chi connectivity index (χ1) is 12.0. The summed E-state index contributed by atoms with van der Waals surface area (Å²) in [6.07, 6.45) is 6.96. The maximum Gasteiger partial charge on any atom is 0.244 e. The van der Waals surface area contributed by atoms with Crippen LogP contribution in [0.4, 0.5) is 5.69 Å². The number of hydrogen-bond donors (Lipinski definition) is 1. The Morgan fingerprint density at radius 3 is 2.80 bits per heavy atom. The fourth-order valence-electron chi connectivity index (χ4n) is 3.94. The van der Waals surface area contributed by atoms with Crippen LogP contribution in [0.25, 0.3) is 0 Å². The minimum absolute atomic E-state index is 0.138. The number of amides is 2. The fourth-order valence-corrected chi connectivity index (χ4v) is 3.94. The molecule has 0 radical (unpaired) electrons. The molecule has 25 heavy (non-hydrogen) atoms. The van der Waals surface area contributed by atoms with Crippen LogP contribution in [-0.4, -0.2) is 58.2 Å². The summed E-state index contributed by atoms with van der Waals surface area (Å²) < 4.78 is 1.72. The molecule has 7 heteroatoms. The lowest BCUT2D eigenvalue weighted by Crippen LogP contribution is -2.58. The third kappa shape index (κ3) is 3.86. The largest absolute Gasteiger partial charge is 0.342 e. The molecule has 1 aromatic heterocycles. The first-order valence-corrected chi connectivity index (χ1v) is 9.33. The van der Waals surface area contributed by atoms with Crippen LogP contribution in [0, 0.1) is 5.92 Å². The van der Waals surface area contributed by atoms with Gasteiger partial charge in [-0.25, -0.2) is 0 Å². The van der Waals surface area contributed by atoms with E-state index in [0.29, 0.717) is 12.3 Å². The van der Waals surface area contributed by atoms with Crippen LogP contribution in [0.1, 0.15) is 39.5 Å². The Kier molecular flexibility index (Phi) is 5.42. The summed E-state index contributed by atoms with van der Waals surface area (Å²) in [5.41, 5.74) is 0.871. The van der Waals surface area contributed by atoms with Crippen molar-refractivity contribution in [1.29, 1.82) is 0 Å². The highest BCUT2D eigenvalue weighted by Crippen LogP contribution is 2.23. The van der Waals surface area contributed by atoms with Gasteiger partial charge in [0, 0.05) is 45.3 Å². The molecule has 0 aromatic carbocycles. The van der Waals surface area contributed by atoms with E-state index in [1.54, 1.807) is 10.9 Å². The van der Waals surface area contributed by atoms with E-state index in [2.05, 4.69) is 17.3 Å². The monoisotopic (exact) mass is 347 g/mol. The lowest BCUT2D eigenvalue weighted by molar-refractivity contribution is -0.133. The Bertz CT molecular complexity index is 629. The summed E-state index contributed by atoms with van der Waals surface area (Å²) in [6.45, 7) is 6.38. The van der Waals surface area contributed by atoms with Crippen molar-refractivity contribution in [3.8, 4) is 0 Å². The maximum absolute atomic E-state index is 12.9. The molecule has 0 unspecified atom stereocenters. The van der Waals surface area contributed by atoms with E-state index in [-0.39, 0.29) is 23.9 Å². The Labute approximate surface area is 149 Å². The zero-order chi connectivity index (χ0) is 18.0. The highest BCUT2D eigenvalue weighted by atomic mass is 16.2. The van der Waals surface area contributed by atoms with E-state index in [9.17, 15) is 9.59 Å². The van der Waals surface area contributed by atoms with E-state index in [1.807, 2.05) is 30.0 Å². The first-order valence-electron chi connectivity index (χ1n) is 9.33. The molecule has 0 spiro atoms. The number of aromatic nitrogens is 2. The number of nitrogens with zero attached hydrogens (tertiary/aromatic N) is 4. The maximum atomic E-state index is 12.9. The van der Waals surface area contributed by atoms with E-state index in [0.717, 1.165) is 44.6 Å². The quantitative estimate of drug-likeness (QED) is 0.887. The van der Waals surface area contributed by atoms with Crippen LogP contribution in [0.3, 0.4) is 0 Å². The van der Waals surface area contributed by atoms with Crippen LogP contribution < -0.4 is 10.2 Å². The van der Waals surface area contributed by atoms with E-state index in [1.165, 1.54) is 0 Å². The fraction of sp³-hybridized carbons (Fsp3) is 0.722. The minimum atomic E-state index is -0.144. The van der Waals surface area contributed by atoms with Crippen molar-refractivity contribution in [2.24, 2.45) is 13.0 Å². The number of likely N-dealkylation sites (tertiary alicyclic amines) is 1. The van der Waals surface area contributed by atoms with Crippen molar-refractivity contribution in [3.63, 3.8) is 0 Å². The average molecular weight is 347 g/mol. The zero-order valence-corrected chi connectivity index (χ0v) is 15.4. The van der Waals surface area contributed by atoms with Gasteiger partial charge in [0.2, 0.25) is 11.8 Å². The van der Waals surface area contributed by atoms with E-state index < -0.39 is 0 Å². The van der Waals surface area contributed by atoms with Gasteiger partial charge in [-0.1, -0.05) is 13.8 Å². The molecule has 2 fully saturated rings. The highest BCUT2D eigenvalue weighted by molar-refractivity contribution is 5.97. The van der Waals surface area contributed by atoms with Gasteiger partial charge in [0.1, 0.15) is 0 Å². The van der Waals surface area contributed by atoms with Crippen molar-refractivity contribution in [2.45, 2.75) is 51.6 Å². The summed E-state index contributed by atoms with van der Waals surface area (Å²) in [5.74, 6) is 0.714. The molecule has 7 nitrogen and oxygen atoms in total. The molecular weight excluding hydrogens is 318 g/mol. The second kappa shape index (κ2) is 7.56. The third-order valence-corrected chi connectivity index (χ3v) is 5.42. The predicted molar refractivity (Wildman–Crippen MR) is 96.2 cm³/mol. The van der Waals surface area contributed by atoms with Crippen molar-refractivity contribution in [2.75, 3.05) is 24.5 Å². The molecule has 3 heterocycles. The minimum Gasteiger partial charge on any atom is -0.342 e. The zero-order valence-electron chi connectivity index (χ0n) is 15.4. The number of aryl methyl sites for hydroxylation is 1. The molecule has 3 atom stereocenters. The standard InChI is InChI=1S/C18H29N5O2/c1-4-17(24)22-9-7-15(13(2)11-22)20-16-6-5-8-23(18(16)25)14-10-19-21(3)12-14/h10,12-13,15-16,20H,4-9,11H2,1-3H3/t13-,15+,16+/m1/s1. The van der Waals surface area contributed by atoms with Crippen molar-refractivity contribution in [1.82, 2.24) is 20.0 Å². The van der Waals surface area contributed by atoms with E-state index >= 15 is 0 Å². The number of rotatable bonds is 4. The molecule has 1 N–H and O–H groups in total. The lowest BCUT2D eigenvalue weighted by Gasteiger charge is -2.40. The summed E-state index contributed by atoms with van der Waals surface area (Å²) in [7, 11) is 1.86. The van der Waals surface area contributed by atoms with Gasteiger partial charge in [0.25, 0.3) is 0 Å². The van der Waals surface area contributed by atoms with E-state index in [4.69, 9.17) is 0 Å². The number of piperidine rings is 2. The van der Waals surface area contributed by atoms with Crippen LogP contribution >= 0.6 is 0 Å². The normalized spacial score (nSPS) is 27.6. The molecule has 2 aliphatic heterocycles. The molecule has 3 rings (SSSR count). The van der Waals surface area contributed by atoms with Crippen molar-refractivity contribution in [3.05, 3.63) is 12.4 Å². The van der Waals surface area contributed by atoms with Gasteiger partial charge in [-0.05, 0) is 25.2 Å². The van der Waals surface area contributed by atoms with Crippen LogP contribution in [0.2, 0.25) is 0 Å². The van der Waals surface area contributed by atoms with Gasteiger partial charge in [-0.15, -0.1) is 0 Å². The predicted octanol–water partition coefficient (Wildman–Crippen LogP) is 1.15. The highest BCUT2D eigenvalue weighted by Gasteiger charge is 2.35. The van der Waals surface area contributed by atoms with Gasteiger partial charge >= 0.3 is 0 Å². The molecule has 2 amide bonds.